The highest BCUT2D eigenvalue weighted by molar-refractivity contribution is 7.80. The zero-order chi connectivity index (χ0) is 15.0. The molecule has 0 unspecified atom stereocenters. The molecule has 5 heteroatoms. The highest BCUT2D eigenvalue weighted by Crippen LogP contribution is 2.52. The standard InChI is InChI=1S/C15H26N2O2S/c1-13(2,3)19-12(18)17-15-8-5-14(6-9-15,7-10-15)11(20)16-4/h5-10H2,1-4H3,(H,16,20)(H,17,18). The molecular weight excluding hydrogens is 272 g/mol. The number of amides is 1. The van der Waals surface area contributed by atoms with Crippen LogP contribution in [0.1, 0.15) is 59.3 Å². The topological polar surface area (TPSA) is 50.4 Å². The van der Waals surface area contributed by atoms with Gasteiger partial charge < -0.3 is 15.4 Å². The van der Waals surface area contributed by atoms with Crippen LogP contribution in [0.15, 0.2) is 0 Å². The van der Waals surface area contributed by atoms with E-state index in [1.54, 1.807) is 0 Å². The Labute approximate surface area is 127 Å². The summed E-state index contributed by atoms with van der Waals surface area (Å²) in [6.07, 6.45) is 5.87. The van der Waals surface area contributed by atoms with E-state index in [4.69, 9.17) is 17.0 Å². The van der Waals surface area contributed by atoms with Gasteiger partial charge in [0, 0.05) is 18.0 Å². The first kappa shape index (κ1) is 15.5. The van der Waals surface area contributed by atoms with Gasteiger partial charge in [-0.15, -0.1) is 0 Å². The van der Waals surface area contributed by atoms with Crippen molar-refractivity contribution in [3.63, 3.8) is 0 Å². The van der Waals surface area contributed by atoms with Crippen molar-refractivity contribution in [1.29, 1.82) is 0 Å². The van der Waals surface area contributed by atoms with Crippen molar-refractivity contribution in [3.05, 3.63) is 0 Å². The molecule has 20 heavy (non-hydrogen) atoms. The molecule has 4 nitrogen and oxygen atoms in total. The average Bonchev–Trinajstić information content (AvgIpc) is 2.37. The summed E-state index contributed by atoms with van der Waals surface area (Å²) < 4.78 is 5.39. The zero-order valence-corrected chi connectivity index (χ0v) is 13.8. The molecule has 2 N–H and O–H groups in total. The summed E-state index contributed by atoms with van der Waals surface area (Å²) in [6, 6.07) is 0. The van der Waals surface area contributed by atoms with Gasteiger partial charge in [-0.3, -0.25) is 0 Å². The first-order valence-electron chi connectivity index (χ1n) is 7.44. The van der Waals surface area contributed by atoms with Crippen molar-refractivity contribution in [1.82, 2.24) is 10.6 Å². The summed E-state index contributed by atoms with van der Waals surface area (Å²) in [7, 11) is 1.91. The average molecular weight is 298 g/mol. The summed E-state index contributed by atoms with van der Waals surface area (Å²) in [4.78, 5) is 13.0. The molecule has 3 aliphatic rings. The first-order valence-corrected chi connectivity index (χ1v) is 7.85. The Morgan fingerprint density at radius 2 is 1.60 bits per heavy atom. The van der Waals surface area contributed by atoms with Crippen LogP contribution in [-0.2, 0) is 4.74 Å². The number of hydrogen-bond donors (Lipinski definition) is 2. The fraction of sp³-hybridized carbons (Fsp3) is 0.867. The zero-order valence-electron chi connectivity index (χ0n) is 13.0. The molecule has 0 saturated heterocycles. The highest BCUT2D eigenvalue weighted by Gasteiger charge is 2.51. The Morgan fingerprint density at radius 1 is 1.10 bits per heavy atom. The number of carbonyl (C=O) groups excluding carboxylic acids is 1. The van der Waals surface area contributed by atoms with E-state index in [9.17, 15) is 4.79 Å². The summed E-state index contributed by atoms with van der Waals surface area (Å²) in [5, 5.41) is 6.28. The lowest BCUT2D eigenvalue weighted by Gasteiger charge is -2.53. The molecule has 1 amide bonds. The molecule has 0 aromatic heterocycles. The molecule has 0 radical (unpaired) electrons. The van der Waals surface area contributed by atoms with Crippen LogP contribution in [0.3, 0.4) is 0 Å². The molecule has 2 bridgehead atoms. The predicted molar refractivity (Wildman–Crippen MR) is 83.9 cm³/mol. The number of ether oxygens (including phenoxy) is 1. The van der Waals surface area contributed by atoms with Crippen molar-refractivity contribution in [2.45, 2.75) is 70.4 Å². The minimum atomic E-state index is -0.443. The molecule has 3 saturated carbocycles. The smallest absolute Gasteiger partial charge is 0.408 e. The van der Waals surface area contributed by atoms with E-state index in [0.29, 0.717) is 0 Å². The second-order valence-corrected chi connectivity index (χ2v) is 7.67. The van der Waals surface area contributed by atoms with Crippen LogP contribution in [0.5, 0.6) is 0 Å². The quantitative estimate of drug-likeness (QED) is 0.769. The fourth-order valence-electron chi connectivity index (χ4n) is 3.50. The molecule has 3 aliphatic carbocycles. The number of hydrogen-bond acceptors (Lipinski definition) is 3. The maximum absolute atomic E-state index is 12.0. The maximum atomic E-state index is 12.0. The molecule has 0 heterocycles. The number of carbonyl (C=O) groups is 1. The Kier molecular flexibility index (Phi) is 4.02. The van der Waals surface area contributed by atoms with E-state index in [0.717, 1.165) is 43.5 Å². The summed E-state index contributed by atoms with van der Waals surface area (Å²) in [6.45, 7) is 5.67. The third-order valence-electron chi connectivity index (χ3n) is 4.72. The van der Waals surface area contributed by atoms with E-state index < -0.39 is 5.60 Å². The Hall–Kier alpha value is -0.840. The van der Waals surface area contributed by atoms with Gasteiger partial charge >= 0.3 is 6.09 Å². The van der Waals surface area contributed by atoms with Gasteiger partial charge in [-0.2, -0.15) is 0 Å². The van der Waals surface area contributed by atoms with E-state index in [-0.39, 0.29) is 17.0 Å². The van der Waals surface area contributed by atoms with E-state index in [1.165, 1.54) is 0 Å². The van der Waals surface area contributed by atoms with Crippen LogP contribution in [0.25, 0.3) is 0 Å². The molecule has 0 aromatic rings. The van der Waals surface area contributed by atoms with Crippen LogP contribution in [0.2, 0.25) is 0 Å². The lowest BCUT2D eigenvalue weighted by molar-refractivity contribution is 0.0239. The molecule has 0 atom stereocenters. The second kappa shape index (κ2) is 5.17. The largest absolute Gasteiger partial charge is 0.444 e. The third kappa shape index (κ3) is 3.08. The van der Waals surface area contributed by atoms with Crippen LogP contribution in [-0.4, -0.2) is 29.3 Å². The predicted octanol–water partition coefficient (Wildman–Crippen LogP) is 3.15. The minimum absolute atomic E-state index is 0.0760. The fourth-order valence-corrected chi connectivity index (χ4v) is 3.81. The monoisotopic (exact) mass is 298 g/mol. The van der Waals surface area contributed by atoms with Crippen LogP contribution in [0, 0.1) is 5.41 Å². The van der Waals surface area contributed by atoms with Gasteiger partial charge in [0.15, 0.2) is 0 Å². The summed E-state index contributed by atoms with van der Waals surface area (Å²) in [5.74, 6) is 0. The molecule has 0 aliphatic heterocycles. The van der Waals surface area contributed by atoms with Gasteiger partial charge in [0.05, 0.1) is 4.99 Å². The van der Waals surface area contributed by atoms with Crippen LogP contribution >= 0.6 is 12.2 Å². The van der Waals surface area contributed by atoms with Gasteiger partial charge in [-0.05, 0) is 59.3 Å². The van der Waals surface area contributed by atoms with Gasteiger partial charge in [0.1, 0.15) is 5.60 Å². The van der Waals surface area contributed by atoms with E-state index in [1.807, 2.05) is 27.8 Å². The Morgan fingerprint density at radius 3 is 2.00 bits per heavy atom. The molecule has 3 rings (SSSR count). The van der Waals surface area contributed by atoms with Gasteiger partial charge in [0.25, 0.3) is 0 Å². The van der Waals surface area contributed by atoms with Crippen molar-refractivity contribution in [2.75, 3.05) is 7.05 Å². The Bertz CT molecular complexity index is 390. The van der Waals surface area contributed by atoms with Gasteiger partial charge in [0.2, 0.25) is 0 Å². The van der Waals surface area contributed by atoms with Crippen molar-refractivity contribution >= 4 is 23.3 Å². The maximum Gasteiger partial charge on any atom is 0.408 e. The van der Waals surface area contributed by atoms with E-state index in [2.05, 4.69) is 10.6 Å². The van der Waals surface area contributed by atoms with Crippen molar-refractivity contribution in [2.24, 2.45) is 5.41 Å². The summed E-state index contributed by atoms with van der Waals surface area (Å²) in [5.41, 5.74) is -0.351. The minimum Gasteiger partial charge on any atom is -0.444 e. The van der Waals surface area contributed by atoms with Gasteiger partial charge in [-0.25, -0.2) is 4.79 Å². The lowest BCUT2D eigenvalue weighted by Crippen LogP contribution is -2.59. The van der Waals surface area contributed by atoms with Crippen molar-refractivity contribution in [3.8, 4) is 0 Å². The van der Waals surface area contributed by atoms with Crippen molar-refractivity contribution < 1.29 is 9.53 Å². The molecule has 0 spiro atoms. The number of thiocarbonyl (C=S) groups is 1. The molecule has 3 fully saturated rings. The van der Waals surface area contributed by atoms with Gasteiger partial charge in [-0.1, -0.05) is 12.2 Å². The number of nitrogens with one attached hydrogen (secondary N) is 2. The van der Waals surface area contributed by atoms with Crippen LogP contribution < -0.4 is 10.6 Å². The molecular formula is C15H26N2O2S. The first-order chi connectivity index (χ1) is 9.20. The lowest BCUT2D eigenvalue weighted by atomic mass is 9.57. The SMILES string of the molecule is CNC(=S)C12CCC(NC(=O)OC(C)(C)C)(CC1)CC2. The third-order valence-corrected chi connectivity index (χ3v) is 5.36. The normalized spacial score (nSPS) is 32.6. The number of alkyl carbamates (subject to hydrolysis) is 1. The summed E-state index contributed by atoms with van der Waals surface area (Å²) >= 11 is 5.48. The molecule has 0 aromatic carbocycles. The second-order valence-electron chi connectivity index (χ2n) is 7.27. The highest BCUT2D eigenvalue weighted by atomic mass is 32.1. The number of fused-ring (bicyclic) bond motifs is 3. The van der Waals surface area contributed by atoms with E-state index >= 15 is 0 Å². The molecule has 114 valence electrons. The Balaban J connectivity index is 1.97. The number of rotatable bonds is 2. The van der Waals surface area contributed by atoms with Crippen LogP contribution in [0.4, 0.5) is 4.79 Å².